The maximum Gasteiger partial charge on any atom is 0.274 e. The van der Waals surface area contributed by atoms with Gasteiger partial charge in [-0.3, -0.25) is 9.59 Å². The van der Waals surface area contributed by atoms with Crippen LogP contribution in [-0.4, -0.2) is 57.4 Å². The molecule has 4 heterocycles. The Balaban J connectivity index is 1.47. The zero-order valence-electron chi connectivity index (χ0n) is 17.6. The van der Waals surface area contributed by atoms with Gasteiger partial charge >= 0.3 is 0 Å². The van der Waals surface area contributed by atoms with Gasteiger partial charge in [0.2, 0.25) is 0 Å². The summed E-state index contributed by atoms with van der Waals surface area (Å²) in [4.78, 5) is 30.2. The Bertz CT molecular complexity index is 1220. The number of carbonyl (C=O) groups excluding carboxylic acids is 1. The number of nitrogens with one attached hydrogen (secondary N) is 4. The fourth-order valence-corrected chi connectivity index (χ4v) is 4.04. The number of amides is 1. The van der Waals surface area contributed by atoms with E-state index in [0.717, 1.165) is 25.9 Å². The van der Waals surface area contributed by atoms with Gasteiger partial charge in [0, 0.05) is 31.8 Å². The zero-order valence-corrected chi connectivity index (χ0v) is 17.6. The fourth-order valence-electron chi connectivity index (χ4n) is 4.04. The lowest BCUT2D eigenvalue weighted by molar-refractivity contribution is 0.0949. The van der Waals surface area contributed by atoms with Gasteiger partial charge in [-0.05, 0) is 38.1 Å². The van der Waals surface area contributed by atoms with Crippen LogP contribution in [0, 0.1) is 0 Å². The summed E-state index contributed by atoms with van der Waals surface area (Å²) in [6, 6.07) is 4.95. The number of carbonyl (C=O) groups is 1. The average Bonchev–Trinajstić information content (AvgIpc) is 3.32. The molecular weight excluding hydrogens is 415 g/mol. The Kier molecular flexibility index (Phi) is 5.25. The summed E-state index contributed by atoms with van der Waals surface area (Å²) >= 11 is 0. The SMILES string of the molecule is CNc1cc(Nc2cccn(C3CCNCC3)c2=O)nc2c(C(=O)N[C@@H]3C[C@@H]3F)cnn12. The number of halogens is 1. The summed E-state index contributed by atoms with van der Waals surface area (Å²) in [7, 11) is 1.73. The molecule has 2 fully saturated rings. The average molecular weight is 440 g/mol. The third-order valence-electron chi connectivity index (χ3n) is 5.94. The molecule has 0 bridgehead atoms. The van der Waals surface area contributed by atoms with Gasteiger partial charge in [-0.25, -0.2) is 9.37 Å². The number of rotatable bonds is 6. The maximum absolute atomic E-state index is 13.2. The number of aromatic nitrogens is 4. The largest absolute Gasteiger partial charge is 0.373 e. The van der Waals surface area contributed by atoms with Gasteiger partial charge in [0.05, 0.1) is 12.2 Å². The van der Waals surface area contributed by atoms with E-state index in [4.69, 9.17) is 0 Å². The molecule has 1 aliphatic heterocycles. The van der Waals surface area contributed by atoms with Crippen molar-refractivity contribution in [3.63, 3.8) is 0 Å². The predicted octanol–water partition coefficient (Wildman–Crippen LogP) is 1.44. The molecule has 3 aromatic rings. The smallest absolute Gasteiger partial charge is 0.274 e. The van der Waals surface area contributed by atoms with Gasteiger partial charge in [0.25, 0.3) is 11.5 Å². The lowest BCUT2D eigenvalue weighted by Crippen LogP contribution is -2.34. The molecule has 10 nitrogen and oxygen atoms in total. The van der Waals surface area contributed by atoms with Crippen molar-refractivity contribution in [3.8, 4) is 0 Å². The number of hydrogen-bond donors (Lipinski definition) is 4. The lowest BCUT2D eigenvalue weighted by atomic mass is 10.1. The molecule has 5 rings (SSSR count). The van der Waals surface area contributed by atoms with Gasteiger partial charge in [-0.15, -0.1) is 0 Å². The molecule has 11 heteroatoms. The van der Waals surface area contributed by atoms with Crippen molar-refractivity contribution < 1.29 is 9.18 Å². The van der Waals surface area contributed by atoms with Crippen LogP contribution in [0.1, 0.15) is 35.7 Å². The number of fused-ring (bicyclic) bond motifs is 1. The van der Waals surface area contributed by atoms with E-state index in [-0.39, 0.29) is 17.2 Å². The number of pyridine rings is 1. The normalized spacial score (nSPS) is 20.8. The molecule has 0 spiro atoms. The maximum atomic E-state index is 13.2. The number of alkyl halides is 1. The van der Waals surface area contributed by atoms with Crippen molar-refractivity contribution in [2.45, 2.75) is 37.5 Å². The second-order valence-electron chi connectivity index (χ2n) is 8.14. The van der Waals surface area contributed by atoms with Crippen LogP contribution < -0.4 is 26.8 Å². The Hall–Kier alpha value is -3.47. The van der Waals surface area contributed by atoms with Crippen LogP contribution in [0.25, 0.3) is 5.65 Å². The van der Waals surface area contributed by atoms with Crippen molar-refractivity contribution in [2.75, 3.05) is 30.8 Å². The van der Waals surface area contributed by atoms with Crippen LogP contribution in [0.2, 0.25) is 0 Å². The first-order valence-corrected chi connectivity index (χ1v) is 10.8. The summed E-state index contributed by atoms with van der Waals surface area (Å²) in [5.74, 6) is 0.553. The molecule has 1 saturated heterocycles. The molecular formula is C21H25FN8O2. The Morgan fingerprint density at radius 2 is 2.09 bits per heavy atom. The van der Waals surface area contributed by atoms with Crippen LogP contribution in [0.5, 0.6) is 0 Å². The summed E-state index contributed by atoms with van der Waals surface area (Å²) < 4.78 is 16.5. The van der Waals surface area contributed by atoms with E-state index in [1.54, 1.807) is 23.7 Å². The van der Waals surface area contributed by atoms with Gasteiger partial charge in [0.15, 0.2) is 5.65 Å². The minimum atomic E-state index is -1.00. The molecule has 1 amide bonds. The molecule has 0 aromatic carbocycles. The van der Waals surface area contributed by atoms with E-state index in [1.165, 1.54) is 10.7 Å². The fraction of sp³-hybridized carbons (Fsp3) is 0.429. The second-order valence-corrected chi connectivity index (χ2v) is 8.14. The Morgan fingerprint density at radius 1 is 1.31 bits per heavy atom. The van der Waals surface area contributed by atoms with Crippen LogP contribution in [0.3, 0.4) is 0 Å². The highest BCUT2D eigenvalue weighted by atomic mass is 19.1. The first-order chi connectivity index (χ1) is 15.5. The van der Waals surface area contributed by atoms with Crippen molar-refractivity contribution in [1.29, 1.82) is 0 Å². The van der Waals surface area contributed by atoms with Crippen LogP contribution in [0.15, 0.2) is 35.4 Å². The molecule has 2 atom stereocenters. The lowest BCUT2D eigenvalue weighted by Gasteiger charge is -2.25. The summed E-state index contributed by atoms with van der Waals surface area (Å²) in [5, 5.41) is 16.3. The first kappa shape index (κ1) is 20.4. The van der Waals surface area contributed by atoms with Crippen LogP contribution >= 0.6 is 0 Å². The number of piperidine rings is 1. The summed E-state index contributed by atoms with van der Waals surface area (Å²) in [5.41, 5.74) is 0.821. The molecule has 1 aliphatic carbocycles. The van der Waals surface area contributed by atoms with E-state index in [2.05, 4.69) is 31.3 Å². The third-order valence-corrected chi connectivity index (χ3v) is 5.94. The molecule has 0 radical (unpaired) electrons. The monoisotopic (exact) mass is 440 g/mol. The molecule has 168 valence electrons. The second kappa shape index (κ2) is 8.23. The zero-order chi connectivity index (χ0) is 22.2. The van der Waals surface area contributed by atoms with Crippen molar-refractivity contribution >= 4 is 28.9 Å². The molecule has 1 saturated carbocycles. The minimum absolute atomic E-state index is 0.124. The molecule has 4 N–H and O–H groups in total. The van der Waals surface area contributed by atoms with Gasteiger partial charge < -0.3 is 25.8 Å². The van der Waals surface area contributed by atoms with Crippen molar-refractivity contribution in [1.82, 2.24) is 29.8 Å². The first-order valence-electron chi connectivity index (χ1n) is 10.8. The summed E-state index contributed by atoms with van der Waals surface area (Å²) in [6.07, 6.45) is 4.33. The van der Waals surface area contributed by atoms with E-state index in [9.17, 15) is 14.0 Å². The standard InChI is InChI=1S/C21H25FN8O2/c1-23-18-10-17(26-15-3-2-8-29(21(15)32)12-4-6-24-7-5-12)28-19-13(11-25-30(18)19)20(31)27-16-9-14(16)22/h2-3,8,10-12,14,16,23-24H,4-7,9H2,1H3,(H,26,28)(H,27,31)/t14-,16+/m0/s1. The number of nitrogens with zero attached hydrogens (tertiary/aromatic N) is 4. The van der Waals surface area contributed by atoms with Crippen LogP contribution in [0.4, 0.5) is 21.7 Å². The van der Waals surface area contributed by atoms with E-state index < -0.39 is 18.1 Å². The van der Waals surface area contributed by atoms with E-state index in [0.29, 0.717) is 29.4 Å². The molecule has 3 aromatic heterocycles. The third kappa shape index (κ3) is 3.79. The van der Waals surface area contributed by atoms with Crippen LogP contribution in [-0.2, 0) is 0 Å². The number of hydrogen-bond acceptors (Lipinski definition) is 7. The van der Waals surface area contributed by atoms with Crippen molar-refractivity contribution in [2.24, 2.45) is 0 Å². The van der Waals surface area contributed by atoms with Crippen molar-refractivity contribution in [3.05, 3.63) is 46.5 Å². The van der Waals surface area contributed by atoms with Gasteiger partial charge in [0.1, 0.15) is 29.1 Å². The quantitative estimate of drug-likeness (QED) is 0.458. The highest BCUT2D eigenvalue weighted by molar-refractivity contribution is 6.00. The minimum Gasteiger partial charge on any atom is -0.373 e. The predicted molar refractivity (Wildman–Crippen MR) is 118 cm³/mol. The van der Waals surface area contributed by atoms with E-state index in [1.807, 2.05) is 12.3 Å². The Morgan fingerprint density at radius 3 is 2.81 bits per heavy atom. The van der Waals surface area contributed by atoms with Gasteiger partial charge in [-0.2, -0.15) is 9.61 Å². The highest BCUT2D eigenvalue weighted by Gasteiger charge is 2.39. The topological polar surface area (TPSA) is 117 Å². The molecule has 2 aliphatic rings. The summed E-state index contributed by atoms with van der Waals surface area (Å²) in [6.45, 7) is 1.77. The number of anilines is 3. The van der Waals surface area contributed by atoms with Gasteiger partial charge in [-0.1, -0.05) is 0 Å². The van der Waals surface area contributed by atoms with E-state index >= 15 is 0 Å². The highest BCUT2D eigenvalue weighted by Crippen LogP contribution is 2.26. The molecule has 32 heavy (non-hydrogen) atoms. The Labute approximate surface area is 183 Å². The molecule has 0 unspecified atom stereocenters.